The third kappa shape index (κ3) is 6.54. The number of aryl methyl sites for hydroxylation is 1. The SMILES string of the molecule is CCOC(=O)N1CCC(NC(N)=NCCc2cnn(C)c2)CC1.I. The van der Waals surface area contributed by atoms with Crippen LogP contribution in [0.2, 0.25) is 0 Å². The van der Waals surface area contributed by atoms with E-state index >= 15 is 0 Å². The molecule has 24 heavy (non-hydrogen) atoms. The lowest BCUT2D eigenvalue weighted by molar-refractivity contribution is 0.0963. The number of carbonyl (C=O) groups excluding carboxylic acids is 1. The number of carbonyl (C=O) groups is 1. The van der Waals surface area contributed by atoms with E-state index in [-0.39, 0.29) is 36.1 Å². The molecule has 0 bridgehead atoms. The number of nitrogens with two attached hydrogens (primary N) is 1. The van der Waals surface area contributed by atoms with Crippen LogP contribution in [0.15, 0.2) is 17.4 Å². The molecule has 0 aliphatic carbocycles. The van der Waals surface area contributed by atoms with Gasteiger partial charge in [-0.15, -0.1) is 24.0 Å². The van der Waals surface area contributed by atoms with E-state index in [9.17, 15) is 4.79 Å². The molecule has 136 valence electrons. The lowest BCUT2D eigenvalue weighted by Gasteiger charge is -2.31. The molecule has 1 aromatic heterocycles. The topological polar surface area (TPSA) is 97.8 Å². The van der Waals surface area contributed by atoms with Crippen molar-refractivity contribution < 1.29 is 9.53 Å². The lowest BCUT2D eigenvalue weighted by Crippen LogP contribution is -2.48. The Bertz CT molecular complexity index is 540. The maximum Gasteiger partial charge on any atom is 0.409 e. The zero-order valence-corrected chi connectivity index (χ0v) is 16.6. The number of rotatable bonds is 5. The van der Waals surface area contributed by atoms with E-state index in [0.717, 1.165) is 24.8 Å². The van der Waals surface area contributed by atoms with Crippen molar-refractivity contribution in [3.63, 3.8) is 0 Å². The Morgan fingerprint density at radius 2 is 2.21 bits per heavy atom. The molecule has 0 spiro atoms. The maximum atomic E-state index is 11.6. The molecule has 1 aliphatic heterocycles. The van der Waals surface area contributed by atoms with Crippen LogP contribution in [0.5, 0.6) is 0 Å². The Balaban J connectivity index is 0.00000288. The minimum Gasteiger partial charge on any atom is -0.450 e. The number of aliphatic imine (C=N–C) groups is 1. The van der Waals surface area contributed by atoms with Crippen molar-refractivity contribution >= 4 is 36.0 Å². The van der Waals surface area contributed by atoms with Gasteiger partial charge in [0.25, 0.3) is 0 Å². The number of ether oxygens (including phenoxy) is 1. The average molecular weight is 450 g/mol. The number of guanidine groups is 1. The number of hydrogen-bond acceptors (Lipinski definition) is 4. The third-order valence-electron chi connectivity index (χ3n) is 3.81. The van der Waals surface area contributed by atoms with Gasteiger partial charge in [0.1, 0.15) is 0 Å². The minimum absolute atomic E-state index is 0. The highest BCUT2D eigenvalue weighted by molar-refractivity contribution is 14.0. The molecule has 0 radical (unpaired) electrons. The highest BCUT2D eigenvalue weighted by atomic mass is 127. The van der Waals surface area contributed by atoms with Crippen LogP contribution in [0.1, 0.15) is 25.3 Å². The van der Waals surface area contributed by atoms with Gasteiger partial charge in [0.15, 0.2) is 5.96 Å². The summed E-state index contributed by atoms with van der Waals surface area (Å²) in [7, 11) is 1.89. The molecule has 2 heterocycles. The van der Waals surface area contributed by atoms with Gasteiger partial charge in [-0.05, 0) is 31.7 Å². The molecule has 3 N–H and O–H groups in total. The first-order valence-corrected chi connectivity index (χ1v) is 8.04. The summed E-state index contributed by atoms with van der Waals surface area (Å²) < 4.78 is 6.78. The van der Waals surface area contributed by atoms with Crippen LogP contribution in [0.25, 0.3) is 0 Å². The number of piperidine rings is 1. The van der Waals surface area contributed by atoms with Crippen molar-refractivity contribution in [3.8, 4) is 0 Å². The molecule has 0 aromatic carbocycles. The number of aromatic nitrogens is 2. The summed E-state index contributed by atoms with van der Waals surface area (Å²) in [5.74, 6) is 0.462. The normalized spacial score (nSPS) is 15.8. The number of likely N-dealkylation sites (tertiary alicyclic amines) is 1. The predicted molar refractivity (Wildman–Crippen MR) is 104 cm³/mol. The number of nitrogens with zero attached hydrogens (tertiary/aromatic N) is 4. The molecule has 9 heteroatoms. The van der Waals surface area contributed by atoms with Crippen molar-refractivity contribution in [2.24, 2.45) is 17.8 Å². The van der Waals surface area contributed by atoms with Crippen LogP contribution in [-0.4, -0.2) is 59.0 Å². The zero-order chi connectivity index (χ0) is 16.7. The summed E-state index contributed by atoms with van der Waals surface area (Å²) in [6, 6.07) is 0.253. The Labute approximate surface area is 159 Å². The molecule has 1 saturated heterocycles. The Kier molecular flexibility index (Phi) is 8.87. The summed E-state index contributed by atoms with van der Waals surface area (Å²) in [4.78, 5) is 17.7. The van der Waals surface area contributed by atoms with Gasteiger partial charge in [0, 0.05) is 38.9 Å². The Morgan fingerprint density at radius 3 is 2.79 bits per heavy atom. The van der Waals surface area contributed by atoms with Gasteiger partial charge in [-0.2, -0.15) is 5.10 Å². The molecule has 0 saturated carbocycles. The summed E-state index contributed by atoms with van der Waals surface area (Å²) in [5.41, 5.74) is 7.07. The summed E-state index contributed by atoms with van der Waals surface area (Å²) >= 11 is 0. The van der Waals surface area contributed by atoms with Gasteiger partial charge in [0.2, 0.25) is 0 Å². The lowest BCUT2D eigenvalue weighted by atomic mass is 10.1. The van der Waals surface area contributed by atoms with E-state index in [2.05, 4.69) is 15.4 Å². The predicted octanol–water partition coefficient (Wildman–Crippen LogP) is 1.11. The van der Waals surface area contributed by atoms with E-state index in [0.29, 0.717) is 32.2 Å². The van der Waals surface area contributed by atoms with Crippen molar-refractivity contribution in [3.05, 3.63) is 18.0 Å². The number of amides is 1. The number of nitrogens with one attached hydrogen (secondary N) is 1. The summed E-state index contributed by atoms with van der Waals surface area (Å²) in [5, 5.41) is 7.35. The molecule has 0 unspecified atom stereocenters. The van der Waals surface area contributed by atoms with Crippen LogP contribution in [0.4, 0.5) is 4.79 Å². The standard InChI is InChI=1S/C15H26N6O2.HI/c1-3-23-15(22)21-8-5-13(6-9-21)19-14(16)17-7-4-12-10-18-20(2)11-12;/h10-11,13H,3-9H2,1-2H3,(H3,16,17,19);1H. The molecule has 1 aromatic rings. The fourth-order valence-electron chi connectivity index (χ4n) is 2.58. The average Bonchev–Trinajstić information content (AvgIpc) is 2.93. The third-order valence-corrected chi connectivity index (χ3v) is 3.81. The van der Waals surface area contributed by atoms with E-state index in [1.807, 2.05) is 26.4 Å². The first-order chi connectivity index (χ1) is 11.1. The monoisotopic (exact) mass is 450 g/mol. The Hall–Kier alpha value is -1.52. The van der Waals surface area contributed by atoms with Crippen molar-refractivity contribution in [2.45, 2.75) is 32.2 Å². The van der Waals surface area contributed by atoms with E-state index < -0.39 is 0 Å². The van der Waals surface area contributed by atoms with Gasteiger partial charge in [-0.25, -0.2) is 4.79 Å². The van der Waals surface area contributed by atoms with Crippen LogP contribution in [0, 0.1) is 0 Å². The molecule has 8 nitrogen and oxygen atoms in total. The quantitative estimate of drug-likeness (QED) is 0.398. The molecule has 1 aliphatic rings. The van der Waals surface area contributed by atoms with E-state index in [1.165, 1.54) is 0 Å². The highest BCUT2D eigenvalue weighted by Crippen LogP contribution is 2.11. The second kappa shape index (κ2) is 10.4. The summed E-state index contributed by atoms with van der Waals surface area (Å²) in [6.45, 7) is 4.22. The van der Waals surface area contributed by atoms with Gasteiger partial charge < -0.3 is 20.7 Å². The first kappa shape index (κ1) is 20.5. The summed E-state index contributed by atoms with van der Waals surface area (Å²) in [6.07, 6.45) is 6.09. The van der Waals surface area contributed by atoms with Gasteiger partial charge in [-0.3, -0.25) is 9.67 Å². The van der Waals surface area contributed by atoms with Crippen molar-refractivity contribution in [1.29, 1.82) is 0 Å². The molecule has 1 amide bonds. The first-order valence-electron chi connectivity index (χ1n) is 8.04. The van der Waals surface area contributed by atoms with Crippen LogP contribution < -0.4 is 11.1 Å². The fourth-order valence-corrected chi connectivity index (χ4v) is 2.58. The van der Waals surface area contributed by atoms with Gasteiger partial charge >= 0.3 is 6.09 Å². The highest BCUT2D eigenvalue weighted by Gasteiger charge is 2.23. The van der Waals surface area contributed by atoms with Crippen molar-refractivity contribution in [2.75, 3.05) is 26.2 Å². The second-order valence-corrected chi connectivity index (χ2v) is 5.64. The second-order valence-electron chi connectivity index (χ2n) is 5.64. The molecule has 0 atom stereocenters. The number of halogens is 1. The van der Waals surface area contributed by atoms with Crippen LogP contribution in [0.3, 0.4) is 0 Å². The minimum atomic E-state index is -0.232. The van der Waals surface area contributed by atoms with Crippen LogP contribution in [-0.2, 0) is 18.2 Å². The molecule has 1 fully saturated rings. The van der Waals surface area contributed by atoms with E-state index in [4.69, 9.17) is 10.5 Å². The van der Waals surface area contributed by atoms with E-state index in [1.54, 1.807) is 9.58 Å². The Morgan fingerprint density at radius 1 is 1.50 bits per heavy atom. The smallest absolute Gasteiger partial charge is 0.409 e. The van der Waals surface area contributed by atoms with Crippen LogP contribution >= 0.6 is 24.0 Å². The van der Waals surface area contributed by atoms with Crippen molar-refractivity contribution in [1.82, 2.24) is 20.0 Å². The molecule has 2 rings (SSSR count). The molecular weight excluding hydrogens is 423 g/mol. The number of hydrogen-bond donors (Lipinski definition) is 2. The largest absolute Gasteiger partial charge is 0.450 e. The maximum absolute atomic E-state index is 11.6. The zero-order valence-electron chi connectivity index (χ0n) is 14.3. The van der Waals surface area contributed by atoms with Gasteiger partial charge in [-0.1, -0.05) is 0 Å². The molecular formula is C15H27IN6O2. The fraction of sp³-hybridized carbons (Fsp3) is 0.667. The van der Waals surface area contributed by atoms with Gasteiger partial charge in [0.05, 0.1) is 12.8 Å².